The van der Waals surface area contributed by atoms with E-state index in [1.54, 1.807) is 0 Å². The van der Waals surface area contributed by atoms with E-state index in [2.05, 4.69) is 26.1 Å². The minimum atomic E-state index is 0.346. The highest BCUT2D eigenvalue weighted by molar-refractivity contribution is 9.10. The Kier molecular flexibility index (Phi) is 3.62. The van der Waals surface area contributed by atoms with Crippen LogP contribution in [0.2, 0.25) is 0 Å². The number of aromatic nitrogens is 3. The normalized spacial score (nSPS) is 10.7. The quantitative estimate of drug-likeness (QED) is 0.803. The average molecular weight is 329 g/mol. The van der Waals surface area contributed by atoms with Gasteiger partial charge in [0.2, 0.25) is 0 Å². The average Bonchev–Trinajstić information content (AvgIpc) is 2.93. The highest BCUT2D eigenvalue weighted by Crippen LogP contribution is 2.24. The van der Waals surface area contributed by atoms with E-state index in [9.17, 15) is 0 Å². The van der Waals surface area contributed by atoms with Gasteiger partial charge in [0.15, 0.2) is 11.6 Å². The van der Waals surface area contributed by atoms with Crippen molar-refractivity contribution >= 4 is 15.9 Å². The van der Waals surface area contributed by atoms with Crippen molar-refractivity contribution in [3.8, 4) is 17.1 Å². The summed E-state index contributed by atoms with van der Waals surface area (Å²) in [6.45, 7) is 0.346. The van der Waals surface area contributed by atoms with E-state index in [1.165, 1.54) is 0 Å². The van der Waals surface area contributed by atoms with Gasteiger partial charge < -0.3 is 5.73 Å². The van der Waals surface area contributed by atoms with Gasteiger partial charge in [-0.3, -0.25) is 4.57 Å². The third-order valence-corrected chi connectivity index (χ3v) is 3.56. The van der Waals surface area contributed by atoms with Crippen LogP contribution >= 0.6 is 15.9 Å². The van der Waals surface area contributed by atoms with Crippen molar-refractivity contribution in [2.45, 2.75) is 6.54 Å². The lowest BCUT2D eigenvalue weighted by atomic mass is 10.2. The van der Waals surface area contributed by atoms with Crippen LogP contribution in [0.5, 0.6) is 0 Å². The summed E-state index contributed by atoms with van der Waals surface area (Å²) in [5, 5.41) is 8.47. The van der Waals surface area contributed by atoms with Gasteiger partial charge in [-0.25, -0.2) is 0 Å². The summed E-state index contributed by atoms with van der Waals surface area (Å²) in [6, 6.07) is 18.0. The molecular weight excluding hydrogens is 316 g/mol. The number of hydrogen-bond donors (Lipinski definition) is 1. The first-order valence-electron chi connectivity index (χ1n) is 6.25. The summed E-state index contributed by atoms with van der Waals surface area (Å²) < 4.78 is 3.02. The fourth-order valence-electron chi connectivity index (χ4n) is 2.08. The maximum atomic E-state index is 5.77. The van der Waals surface area contributed by atoms with Gasteiger partial charge in [-0.15, -0.1) is 10.2 Å². The lowest BCUT2D eigenvalue weighted by Crippen LogP contribution is -2.07. The minimum Gasteiger partial charge on any atom is -0.324 e. The molecule has 0 radical (unpaired) electrons. The van der Waals surface area contributed by atoms with Crippen molar-refractivity contribution in [2.75, 3.05) is 0 Å². The first-order valence-corrected chi connectivity index (χ1v) is 7.04. The van der Waals surface area contributed by atoms with Gasteiger partial charge in [0, 0.05) is 15.7 Å². The molecule has 5 heteroatoms. The molecule has 3 aromatic rings. The molecule has 0 fully saturated rings. The molecule has 0 bridgehead atoms. The Morgan fingerprint density at radius 3 is 2.30 bits per heavy atom. The molecule has 0 amide bonds. The Bertz CT molecular complexity index is 704. The topological polar surface area (TPSA) is 56.7 Å². The van der Waals surface area contributed by atoms with E-state index in [1.807, 2.05) is 59.2 Å². The minimum absolute atomic E-state index is 0.346. The number of halogens is 1. The lowest BCUT2D eigenvalue weighted by Gasteiger charge is -2.09. The van der Waals surface area contributed by atoms with Crippen LogP contribution < -0.4 is 5.73 Å². The predicted molar refractivity (Wildman–Crippen MR) is 82.4 cm³/mol. The largest absolute Gasteiger partial charge is 0.324 e. The second kappa shape index (κ2) is 5.56. The van der Waals surface area contributed by atoms with E-state index in [0.717, 1.165) is 27.4 Å². The molecule has 0 unspecified atom stereocenters. The van der Waals surface area contributed by atoms with Crippen LogP contribution in [0.1, 0.15) is 5.82 Å². The lowest BCUT2D eigenvalue weighted by molar-refractivity contribution is 0.861. The van der Waals surface area contributed by atoms with Gasteiger partial charge in [0.1, 0.15) is 0 Å². The molecule has 2 aromatic carbocycles. The molecule has 0 spiro atoms. The predicted octanol–water partition coefficient (Wildman–Crippen LogP) is 3.16. The highest BCUT2D eigenvalue weighted by Gasteiger charge is 2.14. The molecule has 0 aliphatic rings. The number of hydrogen-bond acceptors (Lipinski definition) is 3. The van der Waals surface area contributed by atoms with Crippen molar-refractivity contribution < 1.29 is 0 Å². The molecule has 0 saturated carbocycles. The zero-order chi connectivity index (χ0) is 13.9. The van der Waals surface area contributed by atoms with Gasteiger partial charge in [-0.2, -0.15) is 0 Å². The van der Waals surface area contributed by atoms with Crippen LogP contribution in [-0.4, -0.2) is 14.8 Å². The SMILES string of the molecule is NCc1nnc(-c2ccc(Br)cc2)n1-c1ccccc1. The molecule has 0 aliphatic heterocycles. The molecule has 3 rings (SSSR count). The van der Waals surface area contributed by atoms with Gasteiger partial charge in [-0.1, -0.05) is 46.3 Å². The summed E-state index contributed by atoms with van der Waals surface area (Å²) in [6.07, 6.45) is 0. The molecule has 1 aromatic heterocycles. The molecule has 0 aliphatic carbocycles. The van der Waals surface area contributed by atoms with Gasteiger partial charge in [-0.05, 0) is 24.3 Å². The fraction of sp³-hybridized carbons (Fsp3) is 0.0667. The number of nitrogens with two attached hydrogens (primary N) is 1. The van der Waals surface area contributed by atoms with E-state index in [4.69, 9.17) is 5.73 Å². The number of nitrogens with zero attached hydrogens (tertiary/aromatic N) is 3. The molecule has 1 heterocycles. The van der Waals surface area contributed by atoms with Crippen molar-refractivity contribution in [3.05, 3.63) is 64.9 Å². The van der Waals surface area contributed by atoms with Crippen LogP contribution in [0, 0.1) is 0 Å². The number of benzene rings is 2. The third-order valence-electron chi connectivity index (χ3n) is 3.03. The van der Waals surface area contributed by atoms with Gasteiger partial charge >= 0.3 is 0 Å². The fourth-order valence-corrected chi connectivity index (χ4v) is 2.35. The Balaban J connectivity index is 2.17. The molecule has 0 saturated heterocycles. The molecular formula is C15H13BrN4. The summed E-state index contributed by atoms with van der Waals surface area (Å²) in [7, 11) is 0. The molecule has 0 atom stereocenters. The Morgan fingerprint density at radius 1 is 0.950 bits per heavy atom. The summed E-state index contributed by atoms with van der Waals surface area (Å²) >= 11 is 3.44. The van der Waals surface area contributed by atoms with Crippen molar-refractivity contribution in [1.29, 1.82) is 0 Å². The van der Waals surface area contributed by atoms with E-state index in [0.29, 0.717) is 6.54 Å². The standard InChI is InChI=1S/C15H13BrN4/c16-12-8-6-11(7-9-12)15-19-18-14(10-17)20(15)13-4-2-1-3-5-13/h1-9H,10,17H2. The first-order chi connectivity index (χ1) is 9.79. The van der Waals surface area contributed by atoms with E-state index in [-0.39, 0.29) is 0 Å². The van der Waals surface area contributed by atoms with Crippen LogP contribution in [0.3, 0.4) is 0 Å². The van der Waals surface area contributed by atoms with E-state index >= 15 is 0 Å². The highest BCUT2D eigenvalue weighted by atomic mass is 79.9. The Morgan fingerprint density at radius 2 is 1.65 bits per heavy atom. The zero-order valence-corrected chi connectivity index (χ0v) is 12.3. The van der Waals surface area contributed by atoms with Gasteiger partial charge in [0.05, 0.1) is 6.54 Å². The Hall–Kier alpha value is -1.98. The zero-order valence-electron chi connectivity index (χ0n) is 10.7. The first kappa shape index (κ1) is 13.0. The van der Waals surface area contributed by atoms with E-state index < -0.39 is 0 Å². The third kappa shape index (κ3) is 2.37. The van der Waals surface area contributed by atoms with Crippen LogP contribution in [0.15, 0.2) is 59.1 Å². The maximum Gasteiger partial charge on any atom is 0.168 e. The van der Waals surface area contributed by atoms with Crippen molar-refractivity contribution in [1.82, 2.24) is 14.8 Å². The molecule has 4 nitrogen and oxygen atoms in total. The second-order valence-electron chi connectivity index (χ2n) is 4.32. The van der Waals surface area contributed by atoms with Crippen molar-refractivity contribution in [2.24, 2.45) is 5.73 Å². The van der Waals surface area contributed by atoms with Crippen LogP contribution in [-0.2, 0) is 6.54 Å². The number of para-hydroxylation sites is 1. The monoisotopic (exact) mass is 328 g/mol. The molecule has 2 N–H and O–H groups in total. The summed E-state index contributed by atoms with van der Waals surface area (Å²) in [4.78, 5) is 0. The molecule has 100 valence electrons. The van der Waals surface area contributed by atoms with Gasteiger partial charge in [0.25, 0.3) is 0 Å². The maximum absolute atomic E-state index is 5.77. The number of rotatable bonds is 3. The molecule has 20 heavy (non-hydrogen) atoms. The van der Waals surface area contributed by atoms with Crippen LogP contribution in [0.4, 0.5) is 0 Å². The second-order valence-corrected chi connectivity index (χ2v) is 5.24. The summed E-state index contributed by atoms with van der Waals surface area (Å²) in [5.41, 5.74) is 7.79. The van der Waals surface area contributed by atoms with Crippen molar-refractivity contribution in [3.63, 3.8) is 0 Å². The smallest absolute Gasteiger partial charge is 0.168 e. The van der Waals surface area contributed by atoms with Crippen LogP contribution in [0.25, 0.3) is 17.1 Å². The summed E-state index contributed by atoms with van der Waals surface area (Å²) in [5.74, 6) is 1.54. The Labute approximate surface area is 125 Å².